The molecule has 188 valence electrons. The highest BCUT2D eigenvalue weighted by Crippen LogP contribution is 2.59. The third-order valence-electron chi connectivity index (χ3n) is 7.92. The Morgan fingerprint density at radius 3 is 2.33 bits per heavy atom. The molecule has 2 amide bonds. The Kier molecular flexibility index (Phi) is 5.77. The highest BCUT2D eigenvalue weighted by atomic mass is 16.5. The number of nitrogens with zero attached hydrogens (tertiary/aromatic N) is 2. The van der Waals surface area contributed by atoms with E-state index in [1.54, 1.807) is 28.9 Å². The quantitative estimate of drug-likeness (QED) is 0.602. The lowest BCUT2D eigenvalue weighted by atomic mass is 9.59. The minimum atomic E-state index is -1.03. The number of rotatable bonds is 5. The van der Waals surface area contributed by atoms with Crippen molar-refractivity contribution in [2.75, 3.05) is 6.61 Å². The van der Waals surface area contributed by atoms with Crippen LogP contribution >= 0.6 is 0 Å². The van der Waals surface area contributed by atoms with Crippen LogP contribution in [0.15, 0.2) is 54.6 Å². The maximum absolute atomic E-state index is 14.3. The number of Topliss-reactive ketones (excluding diaryl/α,β-unsaturated/α-hetero) is 1. The molecule has 1 aliphatic carbocycles. The van der Waals surface area contributed by atoms with Gasteiger partial charge in [0.25, 0.3) is 0 Å². The third-order valence-corrected chi connectivity index (χ3v) is 7.92. The number of carbonyl (C=O) groups excluding carboxylic acids is 4. The van der Waals surface area contributed by atoms with Crippen LogP contribution < -0.4 is 0 Å². The molecule has 2 aromatic rings. The zero-order chi connectivity index (χ0) is 25.8. The van der Waals surface area contributed by atoms with E-state index in [1.807, 2.05) is 63.2 Å². The summed E-state index contributed by atoms with van der Waals surface area (Å²) in [5.41, 5.74) is 0.506. The first kappa shape index (κ1) is 24.2. The van der Waals surface area contributed by atoms with Gasteiger partial charge in [-0.3, -0.25) is 19.2 Å². The lowest BCUT2D eigenvalue weighted by molar-refractivity contribution is -0.149. The third kappa shape index (κ3) is 3.39. The van der Waals surface area contributed by atoms with Gasteiger partial charge in [0, 0.05) is 24.1 Å². The first-order chi connectivity index (χ1) is 17.1. The van der Waals surface area contributed by atoms with Crippen molar-refractivity contribution in [3.8, 4) is 0 Å². The predicted octanol–water partition coefficient (Wildman–Crippen LogP) is 3.50. The summed E-state index contributed by atoms with van der Waals surface area (Å²) in [6, 6.07) is 15.5. The molecule has 5 rings (SSSR count). The maximum atomic E-state index is 14.3. The van der Waals surface area contributed by atoms with Crippen LogP contribution in [-0.4, -0.2) is 57.6 Å². The molecule has 0 saturated carbocycles. The summed E-state index contributed by atoms with van der Waals surface area (Å²) < 4.78 is 5.29. The van der Waals surface area contributed by atoms with E-state index in [2.05, 4.69) is 0 Å². The topological polar surface area (TPSA) is 84.0 Å². The molecule has 0 N–H and O–H groups in total. The van der Waals surface area contributed by atoms with Crippen LogP contribution in [0, 0.1) is 5.92 Å². The standard InChI is InChI=1S/C29H32N2O5/c1-5-36-24(33)15-21-26(34)30(17-18-11-7-6-8-12-18)25-27(35)31(28(2,3)4)23-16-22(32)19-13-9-10-14-20(19)29(21,23)25/h6-14,21,23,25H,5,15-17H2,1-4H3/t21-,23-,25+,29?/m1/s1. The number of fused-ring (bicyclic) bond motifs is 1. The number of ketones is 1. The van der Waals surface area contributed by atoms with Crippen molar-refractivity contribution in [3.05, 3.63) is 71.3 Å². The summed E-state index contributed by atoms with van der Waals surface area (Å²) in [4.78, 5) is 58.1. The van der Waals surface area contributed by atoms with Crippen LogP contribution in [0.2, 0.25) is 0 Å². The molecule has 1 spiro atoms. The number of hydrogen-bond acceptors (Lipinski definition) is 5. The van der Waals surface area contributed by atoms with Crippen molar-refractivity contribution in [3.63, 3.8) is 0 Å². The summed E-state index contributed by atoms with van der Waals surface area (Å²) in [7, 11) is 0. The zero-order valence-corrected chi connectivity index (χ0v) is 21.2. The van der Waals surface area contributed by atoms with Gasteiger partial charge in [-0.15, -0.1) is 0 Å². The molecule has 2 fully saturated rings. The van der Waals surface area contributed by atoms with E-state index >= 15 is 0 Å². The van der Waals surface area contributed by atoms with Crippen molar-refractivity contribution in [2.45, 2.75) is 70.1 Å². The number of amides is 2. The minimum absolute atomic E-state index is 0.0484. The highest BCUT2D eigenvalue weighted by Gasteiger charge is 2.74. The lowest BCUT2D eigenvalue weighted by Gasteiger charge is -2.47. The monoisotopic (exact) mass is 488 g/mol. The molecule has 0 radical (unpaired) electrons. The molecular formula is C29H32N2O5. The van der Waals surface area contributed by atoms with Gasteiger partial charge >= 0.3 is 5.97 Å². The van der Waals surface area contributed by atoms with Crippen LogP contribution in [0.1, 0.15) is 62.0 Å². The molecule has 0 aromatic heterocycles. The van der Waals surface area contributed by atoms with Crippen LogP contribution in [-0.2, 0) is 31.1 Å². The fourth-order valence-electron chi connectivity index (χ4n) is 6.79. The van der Waals surface area contributed by atoms with E-state index in [4.69, 9.17) is 4.74 Å². The van der Waals surface area contributed by atoms with Crippen LogP contribution in [0.4, 0.5) is 0 Å². The second-order valence-corrected chi connectivity index (χ2v) is 10.9. The van der Waals surface area contributed by atoms with Gasteiger partial charge in [0.05, 0.1) is 30.4 Å². The van der Waals surface area contributed by atoms with Crippen molar-refractivity contribution < 1.29 is 23.9 Å². The number of ether oxygens (including phenoxy) is 1. The summed E-state index contributed by atoms with van der Waals surface area (Å²) in [6.45, 7) is 8.04. The average molecular weight is 489 g/mol. The number of carbonyl (C=O) groups is 4. The Balaban J connectivity index is 1.76. The molecule has 1 unspecified atom stereocenters. The first-order valence-corrected chi connectivity index (χ1v) is 12.6. The van der Waals surface area contributed by atoms with Crippen molar-refractivity contribution in [2.24, 2.45) is 5.92 Å². The van der Waals surface area contributed by atoms with Crippen LogP contribution in [0.5, 0.6) is 0 Å². The van der Waals surface area contributed by atoms with Crippen molar-refractivity contribution >= 4 is 23.6 Å². The van der Waals surface area contributed by atoms with Crippen LogP contribution in [0.3, 0.4) is 0 Å². The SMILES string of the molecule is CCOC(=O)C[C@@H]1C(=O)N(Cc2ccccc2)[C@H]2C(=O)N(C(C)(C)C)[C@@H]3CC(=O)c4ccccc4C123. The van der Waals surface area contributed by atoms with E-state index in [9.17, 15) is 19.2 Å². The van der Waals surface area contributed by atoms with Gasteiger partial charge in [-0.2, -0.15) is 0 Å². The lowest BCUT2D eigenvalue weighted by Crippen LogP contribution is -2.57. The fraction of sp³-hybridized carbons (Fsp3) is 0.448. The van der Waals surface area contributed by atoms with E-state index in [0.717, 1.165) is 5.56 Å². The predicted molar refractivity (Wildman–Crippen MR) is 133 cm³/mol. The Labute approximate surface area is 211 Å². The first-order valence-electron chi connectivity index (χ1n) is 12.6. The number of likely N-dealkylation sites (tertiary alicyclic amines) is 2. The molecule has 7 nitrogen and oxygen atoms in total. The second kappa shape index (κ2) is 8.57. The van der Waals surface area contributed by atoms with E-state index in [1.165, 1.54) is 0 Å². The van der Waals surface area contributed by atoms with Gasteiger partial charge in [0.1, 0.15) is 6.04 Å². The molecule has 7 heteroatoms. The van der Waals surface area contributed by atoms with Gasteiger partial charge in [-0.25, -0.2) is 0 Å². The molecule has 4 atom stereocenters. The smallest absolute Gasteiger partial charge is 0.306 e. The van der Waals surface area contributed by atoms with Gasteiger partial charge in [0.15, 0.2) is 5.78 Å². The zero-order valence-electron chi connectivity index (χ0n) is 21.2. The summed E-state index contributed by atoms with van der Waals surface area (Å²) in [5.74, 6) is -1.76. The molecule has 2 heterocycles. The van der Waals surface area contributed by atoms with Crippen molar-refractivity contribution in [1.82, 2.24) is 9.80 Å². The molecule has 3 aliphatic rings. The summed E-state index contributed by atoms with van der Waals surface area (Å²) >= 11 is 0. The minimum Gasteiger partial charge on any atom is -0.466 e. The molecule has 36 heavy (non-hydrogen) atoms. The molecule has 0 bridgehead atoms. The normalized spacial score (nSPS) is 27.1. The Morgan fingerprint density at radius 1 is 1.00 bits per heavy atom. The second-order valence-electron chi connectivity index (χ2n) is 10.9. The van der Waals surface area contributed by atoms with Gasteiger partial charge in [-0.05, 0) is 38.8 Å². The highest BCUT2D eigenvalue weighted by molar-refractivity contribution is 6.07. The van der Waals surface area contributed by atoms with E-state index in [-0.39, 0.29) is 43.6 Å². The number of hydrogen-bond donors (Lipinski definition) is 0. The number of benzene rings is 2. The maximum Gasteiger partial charge on any atom is 0.306 e. The fourth-order valence-corrected chi connectivity index (χ4v) is 6.79. The van der Waals surface area contributed by atoms with Crippen molar-refractivity contribution in [1.29, 1.82) is 0 Å². The molecule has 2 aromatic carbocycles. The van der Waals surface area contributed by atoms with E-state index in [0.29, 0.717) is 11.1 Å². The Bertz CT molecular complexity index is 1230. The van der Waals surface area contributed by atoms with Crippen LogP contribution in [0.25, 0.3) is 0 Å². The Hall–Kier alpha value is -3.48. The molecule has 2 saturated heterocycles. The molecule has 2 aliphatic heterocycles. The summed E-state index contributed by atoms with van der Waals surface area (Å²) in [6.07, 6.45) is -0.0267. The van der Waals surface area contributed by atoms with Gasteiger partial charge in [0.2, 0.25) is 11.8 Å². The number of esters is 1. The van der Waals surface area contributed by atoms with Gasteiger partial charge < -0.3 is 14.5 Å². The average Bonchev–Trinajstić information content (AvgIpc) is 3.23. The van der Waals surface area contributed by atoms with E-state index < -0.39 is 34.9 Å². The Morgan fingerprint density at radius 2 is 1.67 bits per heavy atom. The van der Waals surface area contributed by atoms with Gasteiger partial charge in [-0.1, -0.05) is 54.6 Å². The largest absolute Gasteiger partial charge is 0.466 e. The molecular weight excluding hydrogens is 456 g/mol. The summed E-state index contributed by atoms with van der Waals surface area (Å²) in [5, 5.41) is 0.